The molecule has 18 heavy (non-hydrogen) atoms. The van der Waals surface area contributed by atoms with Crippen LogP contribution in [0.3, 0.4) is 0 Å². The highest BCUT2D eigenvalue weighted by atomic mass is 16.2. The van der Waals surface area contributed by atoms with Crippen molar-refractivity contribution in [3.8, 4) is 0 Å². The molecule has 0 aliphatic rings. The third-order valence-corrected chi connectivity index (χ3v) is 2.86. The second-order valence-corrected chi connectivity index (χ2v) is 4.61. The first kappa shape index (κ1) is 16.9. The summed E-state index contributed by atoms with van der Waals surface area (Å²) in [6.45, 7) is 8.21. The molecule has 0 unspecified atom stereocenters. The van der Waals surface area contributed by atoms with Gasteiger partial charge in [0.1, 0.15) is 0 Å². The van der Waals surface area contributed by atoms with E-state index in [0.717, 1.165) is 38.5 Å². The molecule has 0 heterocycles. The summed E-state index contributed by atoms with van der Waals surface area (Å²) in [5, 5.41) is 2.69. The molecular weight excluding hydrogens is 228 g/mol. The van der Waals surface area contributed by atoms with E-state index in [1.807, 2.05) is 0 Å². The zero-order chi connectivity index (χ0) is 13.8. The number of unbranched alkanes of at least 4 members (excludes halogenated alkanes) is 3. The normalized spacial score (nSPS) is 10.2. The fourth-order valence-corrected chi connectivity index (χ4v) is 1.61. The summed E-state index contributed by atoms with van der Waals surface area (Å²) in [5.74, 6) is -0.816. The standard InChI is InChI=1S/C14H28N2O2/c1-4-7-10-15-13(17)14(18)16(11-8-5-2)12-9-6-3/h4-12H2,1-3H3,(H,15,17). The van der Waals surface area contributed by atoms with Gasteiger partial charge < -0.3 is 10.2 Å². The summed E-state index contributed by atoms with van der Waals surface area (Å²) >= 11 is 0. The average Bonchev–Trinajstić information content (AvgIpc) is 2.38. The Morgan fingerprint density at radius 2 is 1.39 bits per heavy atom. The van der Waals surface area contributed by atoms with Crippen molar-refractivity contribution in [2.75, 3.05) is 19.6 Å². The summed E-state index contributed by atoms with van der Waals surface area (Å²) in [6.07, 6.45) is 5.92. The van der Waals surface area contributed by atoms with Gasteiger partial charge in [0.05, 0.1) is 0 Å². The molecular formula is C14H28N2O2. The van der Waals surface area contributed by atoms with Gasteiger partial charge in [-0.3, -0.25) is 9.59 Å². The summed E-state index contributed by atoms with van der Waals surface area (Å²) in [5.41, 5.74) is 0. The molecule has 0 aromatic rings. The van der Waals surface area contributed by atoms with Crippen LogP contribution in [0.25, 0.3) is 0 Å². The number of carbonyl (C=O) groups is 2. The highest BCUT2D eigenvalue weighted by Gasteiger charge is 2.20. The second kappa shape index (κ2) is 11.1. The zero-order valence-corrected chi connectivity index (χ0v) is 12.1. The smallest absolute Gasteiger partial charge is 0.311 e. The average molecular weight is 256 g/mol. The first-order valence-electron chi connectivity index (χ1n) is 7.24. The first-order chi connectivity index (χ1) is 8.67. The molecule has 0 aromatic carbocycles. The lowest BCUT2D eigenvalue weighted by atomic mass is 10.2. The van der Waals surface area contributed by atoms with E-state index in [1.54, 1.807) is 4.90 Å². The second-order valence-electron chi connectivity index (χ2n) is 4.61. The molecule has 0 aliphatic carbocycles. The molecule has 4 nitrogen and oxygen atoms in total. The van der Waals surface area contributed by atoms with Crippen molar-refractivity contribution in [1.29, 1.82) is 0 Å². The Hall–Kier alpha value is -1.06. The highest BCUT2D eigenvalue weighted by molar-refractivity contribution is 6.34. The Kier molecular flexibility index (Phi) is 10.4. The van der Waals surface area contributed by atoms with E-state index in [0.29, 0.717) is 19.6 Å². The fraction of sp³-hybridized carbons (Fsp3) is 0.857. The van der Waals surface area contributed by atoms with E-state index < -0.39 is 5.91 Å². The predicted molar refractivity (Wildman–Crippen MR) is 74.3 cm³/mol. The lowest BCUT2D eigenvalue weighted by Crippen LogP contribution is -2.44. The van der Waals surface area contributed by atoms with Crippen LogP contribution in [0.2, 0.25) is 0 Å². The highest BCUT2D eigenvalue weighted by Crippen LogP contribution is 2.00. The van der Waals surface area contributed by atoms with Crippen LogP contribution in [0.4, 0.5) is 0 Å². The molecule has 0 bridgehead atoms. The van der Waals surface area contributed by atoms with Crippen molar-refractivity contribution < 1.29 is 9.59 Å². The third kappa shape index (κ3) is 7.30. The predicted octanol–water partition coefficient (Wildman–Crippen LogP) is 2.33. The maximum absolute atomic E-state index is 12.0. The minimum absolute atomic E-state index is 0.368. The van der Waals surface area contributed by atoms with Gasteiger partial charge in [-0.05, 0) is 19.3 Å². The van der Waals surface area contributed by atoms with Crippen LogP contribution >= 0.6 is 0 Å². The first-order valence-corrected chi connectivity index (χ1v) is 7.24. The molecule has 0 aliphatic heterocycles. The van der Waals surface area contributed by atoms with Crippen LogP contribution in [-0.2, 0) is 9.59 Å². The maximum Gasteiger partial charge on any atom is 0.311 e. The Morgan fingerprint density at radius 1 is 0.889 bits per heavy atom. The molecule has 0 atom stereocenters. The van der Waals surface area contributed by atoms with Gasteiger partial charge in [0.15, 0.2) is 0 Å². The van der Waals surface area contributed by atoms with Crippen molar-refractivity contribution in [1.82, 2.24) is 10.2 Å². The maximum atomic E-state index is 12.0. The quantitative estimate of drug-likeness (QED) is 0.508. The molecule has 4 heteroatoms. The van der Waals surface area contributed by atoms with Crippen LogP contribution < -0.4 is 5.32 Å². The largest absolute Gasteiger partial charge is 0.348 e. The van der Waals surface area contributed by atoms with E-state index in [-0.39, 0.29) is 5.91 Å². The van der Waals surface area contributed by atoms with Gasteiger partial charge >= 0.3 is 11.8 Å². The number of nitrogens with zero attached hydrogens (tertiary/aromatic N) is 1. The minimum Gasteiger partial charge on any atom is -0.348 e. The molecule has 1 N–H and O–H groups in total. The number of hydrogen-bond acceptors (Lipinski definition) is 2. The molecule has 2 amide bonds. The van der Waals surface area contributed by atoms with E-state index in [9.17, 15) is 9.59 Å². The Labute approximate surface area is 111 Å². The Bertz CT molecular complexity index is 234. The summed E-state index contributed by atoms with van der Waals surface area (Å²) in [7, 11) is 0. The fourth-order valence-electron chi connectivity index (χ4n) is 1.61. The summed E-state index contributed by atoms with van der Waals surface area (Å²) < 4.78 is 0. The van der Waals surface area contributed by atoms with E-state index in [2.05, 4.69) is 26.1 Å². The van der Waals surface area contributed by atoms with Gasteiger partial charge in [0, 0.05) is 19.6 Å². The monoisotopic (exact) mass is 256 g/mol. The van der Waals surface area contributed by atoms with Gasteiger partial charge in [-0.1, -0.05) is 40.0 Å². The molecule has 0 saturated heterocycles. The lowest BCUT2D eigenvalue weighted by Gasteiger charge is -2.21. The molecule has 0 rings (SSSR count). The van der Waals surface area contributed by atoms with Crippen molar-refractivity contribution in [2.45, 2.75) is 59.3 Å². The number of hydrogen-bond donors (Lipinski definition) is 1. The van der Waals surface area contributed by atoms with Crippen LogP contribution in [-0.4, -0.2) is 36.3 Å². The van der Waals surface area contributed by atoms with E-state index in [4.69, 9.17) is 0 Å². The topological polar surface area (TPSA) is 49.4 Å². The minimum atomic E-state index is -0.448. The molecule has 0 saturated carbocycles. The molecule has 0 spiro atoms. The van der Waals surface area contributed by atoms with Gasteiger partial charge in [-0.15, -0.1) is 0 Å². The third-order valence-electron chi connectivity index (χ3n) is 2.86. The van der Waals surface area contributed by atoms with Crippen LogP contribution in [0, 0.1) is 0 Å². The van der Waals surface area contributed by atoms with Crippen molar-refractivity contribution in [3.63, 3.8) is 0 Å². The molecule has 0 aromatic heterocycles. The number of amides is 2. The van der Waals surface area contributed by atoms with E-state index >= 15 is 0 Å². The van der Waals surface area contributed by atoms with E-state index in [1.165, 1.54) is 0 Å². The van der Waals surface area contributed by atoms with Gasteiger partial charge in [-0.2, -0.15) is 0 Å². The number of rotatable bonds is 9. The Balaban J connectivity index is 4.19. The molecule has 0 fully saturated rings. The van der Waals surface area contributed by atoms with Gasteiger partial charge in [0.25, 0.3) is 0 Å². The summed E-state index contributed by atoms with van der Waals surface area (Å²) in [6, 6.07) is 0. The number of carbonyl (C=O) groups excluding carboxylic acids is 2. The van der Waals surface area contributed by atoms with Crippen molar-refractivity contribution in [3.05, 3.63) is 0 Å². The van der Waals surface area contributed by atoms with Crippen LogP contribution in [0.1, 0.15) is 59.3 Å². The zero-order valence-electron chi connectivity index (χ0n) is 12.1. The van der Waals surface area contributed by atoms with Crippen molar-refractivity contribution >= 4 is 11.8 Å². The van der Waals surface area contributed by atoms with Gasteiger partial charge in [-0.25, -0.2) is 0 Å². The number of nitrogens with one attached hydrogen (secondary N) is 1. The lowest BCUT2D eigenvalue weighted by molar-refractivity contribution is -0.146. The van der Waals surface area contributed by atoms with Crippen LogP contribution in [0.15, 0.2) is 0 Å². The Morgan fingerprint density at radius 3 is 1.83 bits per heavy atom. The summed E-state index contributed by atoms with van der Waals surface area (Å²) in [4.78, 5) is 25.3. The SMILES string of the molecule is CCCCNC(=O)C(=O)N(CCCC)CCCC. The molecule has 0 radical (unpaired) electrons. The molecule has 106 valence electrons. The van der Waals surface area contributed by atoms with Crippen molar-refractivity contribution in [2.24, 2.45) is 0 Å². The van der Waals surface area contributed by atoms with Gasteiger partial charge in [0.2, 0.25) is 0 Å². The van der Waals surface area contributed by atoms with Crippen LogP contribution in [0.5, 0.6) is 0 Å².